The summed E-state index contributed by atoms with van der Waals surface area (Å²) in [5.74, 6) is -0.998. The number of methoxy groups -OCH3 is 2. The van der Waals surface area contributed by atoms with E-state index in [4.69, 9.17) is 9.47 Å². The van der Waals surface area contributed by atoms with Crippen molar-refractivity contribution in [1.82, 2.24) is 24.6 Å². The summed E-state index contributed by atoms with van der Waals surface area (Å²) in [5, 5.41) is 4.55. The van der Waals surface area contributed by atoms with E-state index in [9.17, 15) is 17.6 Å². The number of aromatic nitrogens is 5. The van der Waals surface area contributed by atoms with Crippen molar-refractivity contribution in [2.75, 3.05) is 14.2 Å². The fraction of sp³-hybridized carbons (Fsp3) is 0.273. The molecule has 1 fully saturated rings. The summed E-state index contributed by atoms with van der Waals surface area (Å²) in [5.41, 5.74) is 1.66. The van der Waals surface area contributed by atoms with Crippen LogP contribution in [-0.4, -0.2) is 38.8 Å². The molecule has 2 atom stereocenters. The van der Waals surface area contributed by atoms with E-state index in [0.717, 1.165) is 11.6 Å². The van der Waals surface area contributed by atoms with Crippen molar-refractivity contribution in [3.05, 3.63) is 65.4 Å². The van der Waals surface area contributed by atoms with Crippen LogP contribution in [-0.2, 0) is 6.18 Å². The molecule has 3 heterocycles. The summed E-state index contributed by atoms with van der Waals surface area (Å²) in [4.78, 5) is 12.7. The van der Waals surface area contributed by atoms with Gasteiger partial charge in [0.25, 0.3) is 0 Å². The SMILES string of the molecule is COc1ncc(-c2cc([C@H]3C[C@@H]3c3ccc(C(F)(F)F)cc3F)c3nccn3n2)c(OC)n1. The van der Waals surface area contributed by atoms with E-state index >= 15 is 0 Å². The van der Waals surface area contributed by atoms with E-state index in [0.29, 0.717) is 29.4 Å². The highest BCUT2D eigenvalue weighted by Gasteiger charge is 2.43. The summed E-state index contributed by atoms with van der Waals surface area (Å²) in [6.07, 6.45) is 0.774. The fourth-order valence-electron chi connectivity index (χ4n) is 4.01. The van der Waals surface area contributed by atoms with Gasteiger partial charge in [0.05, 0.1) is 31.0 Å². The summed E-state index contributed by atoms with van der Waals surface area (Å²) in [7, 11) is 2.90. The number of hydrogen-bond donors (Lipinski definition) is 0. The first-order valence-electron chi connectivity index (χ1n) is 9.96. The molecule has 11 heteroatoms. The maximum Gasteiger partial charge on any atom is 0.416 e. The Labute approximate surface area is 185 Å². The number of benzene rings is 1. The van der Waals surface area contributed by atoms with Crippen molar-refractivity contribution in [2.24, 2.45) is 0 Å². The minimum atomic E-state index is -4.59. The fourth-order valence-corrected chi connectivity index (χ4v) is 4.01. The van der Waals surface area contributed by atoms with Gasteiger partial charge in [0.15, 0.2) is 5.65 Å². The lowest BCUT2D eigenvalue weighted by Crippen LogP contribution is -2.06. The van der Waals surface area contributed by atoms with E-state index < -0.39 is 17.6 Å². The Hall–Kier alpha value is -3.76. The highest BCUT2D eigenvalue weighted by atomic mass is 19.4. The van der Waals surface area contributed by atoms with Crippen LogP contribution in [0.4, 0.5) is 17.6 Å². The van der Waals surface area contributed by atoms with Gasteiger partial charge in [0.1, 0.15) is 5.82 Å². The van der Waals surface area contributed by atoms with Crippen molar-refractivity contribution >= 4 is 5.65 Å². The third-order valence-electron chi connectivity index (χ3n) is 5.69. The number of nitrogens with zero attached hydrogens (tertiary/aromatic N) is 5. The van der Waals surface area contributed by atoms with E-state index in [-0.39, 0.29) is 29.3 Å². The summed E-state index contributed by atoms with van der Waals surface area (Å²) in [6.45, 7) is 0. The van der Waals surface area contributed by atoms with Crippen molar-refractivity contribution in [3.63, 3.8) is 0 Å². The predicted molar refractivity (Wildman–Crippen MR) is 109 cm³/mol. The molecule has 170 valence electrons. The Morgan fingerprint density at radius 3 is 2.52 bits per heavy atom. The van der Waals surface area contributed by atoms with Crippen LogP contribution in [0.2, 0.25) is 0 Å². The number of imidazole rings is 1. The smallest absolute Gasteiger partial charge is 0.416 e. The summed E-state index contributed by atoms with van der Waals surface area (Å²) < 4.78 is 65.2. The van der Waals surface area contributed by atoms with Gasteiger partial charge in [-0.15, -0.1) is 0 Å². The average Bonchev–Trinajstić information content (AvgIpc) is 3.44. The molecule has 0 amide bonds. The summed E-state index contributed by atoms with van der Waals surface area (Å²) in [6, 6.07) is 4.63. The van der Waals surface area contributed by atoms with Crippen LogP contribution in [0.25, 0.3) is 16.9 Å². The van der Waals surface area contributed by atoms with Crippen LogP contribution in [0.1, 0.15) is 34.9 Å². The van der Waals surface area contributed by atoms with Gasteiger partial charge >= 0.3 is 12.2 Å². The number of fused-ring (bicyclic) bond motifs is 1. The zero-order valence-corrected chi connectivity index (χ0v) is 17.5. The molecule has 1 aliphatic rings. The minimum Gasteiger partial charge on any atom is -0.480 e. The largest absolute Gasteiger partial charge is 0.480 e. The topological polar surface area (TPSA) is 74.4 Å². The Morgan fingerprint density at radius 2 is 1.82 bits per heavy atom. The molecule has 0 N–H and O–H groups in total. The molecule has 0 bridgehead atoms. The predicted octanol–water partition coefficient (Wildman–Crippen LogP) is 4.63. The third kappa shape index (κ3) is 3.73. The molecule has 1 aromatic carbocycles. The second-order valence-electron chi connectivity index (χ2n) is 7.64. The van der Waals surface area contributed by atoms with Crippen molar-refractivity contribution < 1.29 is 27.0 Å². The maximum absolute atomic E-state index is 14.6. The number of alkyl halides is 3. The first-order chi connectivity index (χ1) is 15.8. The van der Waals surface area contributed by atoms with Crippen molar-refractivity contribution in [1.29, 1.82) is 0 Å². The zero-order valence-electron chi connectivity index (χ0n) is 17.5. The van der Waals surface area contributed by atoms with Gasteiger partial charge in [0.2, 0.25) is 5.88 Å². The molecule has 0 unspecified atom stereocenters. The number of ether oxygens (including phenoxy) is 2. The molecule has 4 aromatic rings. The van der Waals surface area contributed by atoms with Gasteiger partial charge in [-0.25, -0.2) is 18.9 Å². The molecular formula is C22H17F4N5O2. The summed E-state index contributed by atoms with van der Waals surface area (Å²) >= 11 is 0. The number of hydrogen-bond acceptors (Lipinski definition) is 6. The molecule has 0 saturated heterocycles. The molecule has 0 spiro atoms. The van der Waals surface area contributed by atoms with Crippen LogP contribution in [0, 0.1) is 5.82 Å². The molecule has 0 aliphatic heterocycles. The minimum absolute atomic E-state index is 0.131. The van der Waals surface area contributed by atoms with Gasteiger partial charge in [-0.2, -0.15) is 23.3 Å². The zero-order chi connectivity index (χ0) is 23.3. The van der Waals surface area contributed by atoms with Gasteiger partial charge in [-0.05, 0) is 42.0 Å². The normalized spacial score (nSPS) is 17.9. The molecule has 33 heavy (non-hydrogen) atoms. The lowest BCUT2D eigenvalue weighted by Gasteiger charge is -2.11. The van der Waals surface area contributed by atoms with E-state index in [1.54, 1.807) is 16.9 Å². The van der Waals surface area contributed by atoms with Crippen LogP contribution in [0.15, 0.2) is 42.9 Å². The first kappa shape index (κ1) is 21.1. The Bertz CT molecular complexity index is 1350. The van der Waals surface area contributed by atoms with Gasteiger partial charge in [0, 0.05) is 24.2 Å². The van der Waals surface area contributed by atoms with Crippen LogP contribution >= 0.6 is 0 Å². The number of halogens is 4. The third-order valence-corrected chi connectivity index (χ3v) is 5.69. The second kappa shape index (κ2) is 7.68. The van der Waals surface area contributed by atoms with E-state index in [1.807, 2.05) is 6.07 Å². The van der Waals surface area contributed by atoms with Crippen molar-refractivity contribution in [3.8, 4) is 23.1 Å². The van der Waals surface area contributed by atoms with E-state index in [2.05, 4.69) is 20.1 Å². The lowest BCUT2D eigenvalue weighted by molar-refractivity contribution is -0.137. The lowest BCUT2D eigenvalue weighted by atomic mass is 10.0. The average molecular weight is 459 g/mol. The number of rotatable bonds is 5. The van der Waals surface area contributed by atoms with Crippen LogP contribution in [0.5, 0.6) is 11.9 Å². The monoisotopic (exact) mass is 459 g/mol. The molecular weight excluding hydrogens is 442 g/mol. The molecule has 7 nitrogen and oxygen atoms in total. The van der Waals surface area contributed by atoms with Gasteiger partial charge < -0.3 is 9.47 Å². The molecule has 3 aromatic heterocycles. The molecule has 1 aliphatic carbocycles. The van der Waals surface area contributed by atoms with Crippen molar-refractivity contribution in [2.45, 2.75) is 24.4 Å². The molecule has 1 saturated carbocycles. The Kier molecular flexibility index (Phi) is 4.91. The second-order valence-corrected chi connectivity index (χ2v) is 7.64. The standard InChI is InChI=1S/C22H17F4N5O2/c1-32-20-16(10-28-21(29-20)33-2)18-9-15(19-27-5-6-31(19)30-18)14-8-13(14)12-4-3-11(7-17(12)23)22(24,25)26/h3-7,9-10,13-14H,8H2,1-2H3/t13-,14+/m1/s1. The maximum atomic E-state index is 14.6. The highest BCUT2D eigenvalue weighted by Crippen LogP contribution is 2.56. The Balaban J connectivity index is 1.54. The van der Waals surface area contributed by atoms with Crippen LogP contribution < -0.4 is 9.47 Å². The van der Waals surface area contributed by atoms with Gasteiger partial charge in [-0.3, -0.25) is 0 Å². The molecule has 5 rings (SSSR count). The Morgan fingerprint density at radius 1 is 1.03 bits per heavy atom. The van der Waals surface area contributed by atoms with E-state index in [1.165, 1.54) is 26.5 Å². The van der Waals surface area contributed by atoms with Gasteiger partial charge in [-0.1, -0.05) is 6.07 Å². The quantitative estimate of drug-likeness (QED) is 0.405. The molecule has 0 radical (unpaired) electrons. The van der Waals surface area contributed by atoms with Crippen LogP contribution in [0.3, 0.4) is 0 Å². The first-order valence-corrected chi connectivity index (χ1v) is 9.96. The highest BCUT2D eigenvalue weighted by molar-refractivity contribution is 5.68.